The second-order valence-electron chi connectivity index (χ2n) is 6.29. The standard InChI is InChI=1S/C21H21N.BrH/c1-22-14-12-18(13-15-22)21-19-8-4-2-6-16(19)10-11-17-7-3-5-9-20(17)21;/h2-11H,12-15H2,1H3;1H. The van der Waals surface area contributed by atoms with Crippen LogP contribution in [-0.4, -0.2) is 25.0 Å². The van der Waals surface area contributed by atoms with E-state index in [4.69, 9.17) is 0 Å². The molecule has 1 saturated heterocycles. The van der Waals surface area contributed by atoms with Gasteiger partial charge in [-0.15, -0.1) is 17.0 Å². The number of halogens is 1. The minimum atomic E-state index is 0. The zero-order valence-corrected chi connectivity index (χ0v) is 15.2. The van der Waals surface area contributed by atoms with Gasteiger partial charge in [-0.25, -0.2) is 0 Å². The molecular weight excluding hydrogens is 346 g/mol. The van der Waals surface area contributed by atoms with Gasteiger partial charge in [0.05, 0.1) is 0 Å². The van der Waals surface area contributed by atoms with Gasteiger partial charge < -0.3 is 4.90 Å². The third kappa shape index (κ3) is 3.06. The summed E-state index contributed by atoms with van der Waals surface area (Å²) in [4.78, 5) is 2.43. The van der Waals surface area contributed by atoms with E-state index in [0.29, 0.717) is 0 Å². The first-order chi connectivity index (χ1) is 10.8. The maximum absolute atomic E-state index is 2.43. The summed E-state index contributed by atoms with van der Waals surface area (Å²) in [6.07, 6.45) is 6.87. The van der Waals surface area contributed by atoms with Gasteiger partial charge in [-0.1, -0.05) is 66.3 Å². The summed E-state index contributed by atoms with van der Waals surface area (Å²) < 4.78 is 0. The van der Waals surface area contributed by atoms with Crippen molar-refractivity contribution in [3.05, 3.63) is 76.4 Å². The Morgan fingerprint density at radius 2 is 1.22 bits per heavy atom. The van der Waals surface area contributed by atoms with Crippen molar-refractivity contribution in [2.24, 2.45) is 0 Å². The molecule has 0 spiro atoms. The maximum atomic E-state index is 2.43. The van der Waals surface area contributed by atoms with Gasteiger partial charge in [0, 0.05) is 13.1 Å². The number of hydrogen-bond donors (Lipinski definition) is 0. The lowest BCUT2D eigenvalue weighted by Gasteiger charge is -2.27. The number of likely N-dealkylation sites (tertiary alicyclic amines) is 1. The minimum Gasteiger partial charge on any atom is -0.306 e. The molecule has 2 heteroatoms. The molecule has 1 nitrogen and oxygen atoms in total. The molecule has 1 aliphatic heterocycles. The topological polar surface area (TPSA) is 3.24 Å². The second kappa shape index (κ2) is 6.86. The lowest BCUT2D eigenvalue weighted by Crippen LogP contribution is -2.27. The van der Waals surface area contributed by atoms with Crippen LogP contribution in [0.25, 0.3) is 17.7 Å². The number of fused-ring (bicyclic) bond motifs is 2. The Bertz CT molecular complexity index is 711. The molecule has 1 heterocycles. The predicted octanol–water partition coefficient (Wildman–Crippen LogP) is 5.28. The van der Waals surface area contributed by atoms with E-state index in [1.807, 2.05) is 0 Å². The molecule has 2 aromatic rings. The fourth-order valence-electron chi connectivity index (χ4n) is 3.58. The van der Waals surface area contributed by atoms with E-state index in [1.165, 1.54) is 40.7 Å². The molecule has 2 aromatic carbocycles. The van der Waals surface area contributed by atoms with Crippen molar-refractivity contribution in [2.75, 3.05) is 20.1 Å². The summed E-state index contributed by atoms with van der Waals surface area (Å²) in [5, 5.41) is 0. The average molecular weight is 368 g/mol. The highest BCUT2D eigenvalue weighted by Crippen LogP contribution is 2.38. The zero-order valence-electron chi connectivity index (χ0n) is 13.5. The Hall–Kier alpha value is -1.64. The van der Waals surface area contributed by atoms with Crippen molar-refractivity contribution < 1.29 is 0 Å². The Morgan fingerprint density at radius 3 is 1.74 bits per heavy atom. The quantitative estimate of drug-likeness (QED) is 0.522. The zero-order chi connectivity index (χ0) is 14.9. The van der Waals surface area contributed by atoms with E-state index < -0.39 is 0 Å². The summed E-state index contributed by atoms with van der Waals surface area (Å²) in [6, 6.07) is 17.6. The predicted molar refractivity (Wildman–Crippen MR) is 105 cm³/mol. The van der Waals surface area contributed by atoms with Gasteiger partial charge in [0.15, 0.2) is 0 Å². The fourth-order valence-corrected chi connectivity index (χ4v) is 3.58. The summed E-state index contributed by atoms with van der Waals surface area (Å²) in [7, 11) is 2.22. The van der Waals surface area contributed by atoms with Crippen LogP contribution in [0.1, 0.15) is 35.1 Å². The molecule has 2 aliphatic rings. The van der Waals surface area contributed by atoms with E-state index in [0.717, 1.165) is 13.1 Å². The van der Waals surface area contributed by atoms with Crippen LogP contribution in [0.3, 0.4) is 0 Å². The van der Waals surface area contributed by atoms with Gasteiger partial charge in [0.2, 0.25) is 0 Å². The molecular formula is C21H22BrN. The Kier molecular flexibility index (Phi) is 4.84. The van der Waals surface area contributed by atoms with E-state index in [-0.39, 0.29) is 17.0 Å². The van der Waals surface area contributed by atoms with E-state index >= 15 is 0 Å². The largest absolute Gasteiger partial charge is 0.306 e. The Morgan fingerprint density at radius 1 is 0.739 bits per heavy atom. The van der Waals surface area contributed by atoms with Crippen molar-refractivity contribution in [3.8, 4) is 0 Å². The van der Waals surface area contributed by atoms with Gasteiger partial charge in [-0.3, -0.25) is 0 Å². The minimum absolute atomic E-state index is 0. The number of nitrogens with zero attached hydrogens (tertiary/aromatic N) is 1. The van der Waals surface area contributed by atoms with E-state index in [2.05, 4.69) is 72.6 Å². The van der Waals surface area contributed by atoms with Gasteiger partial charge in [0.1, 0.15) is 0 Å². The van der Waals surface area contributed by atoms with Crippen molar-refractivity contribution >= 4 is 34.7 Å². The molecule has 4 rings (SSSR count). The fraction of sp³-hybridized carbons (Fsp3) is 0.238. The normalized spacial score (nSPS) is 17.1. The summed E-state index contributed by atoms with van der Waals surface area (Å²) in [5.74, 6) is 0. The van der Waals surface area contributed by atoms with Gasteiger partial charge in [-0.2, -0.15) is 0 Å². The Balaban J connectivity index is 0.00000156. The first kappa shape index (κ1) is 16.2. The SMILES string of the molecule is Br.CN1CCC(=C2c3ccccc3C=Cc3ccccc32)CC1. The average Bonchev–Trinajstić information content (AvgIpc) is 2.73. The van der Waals surface area contributed by atoms with Crippen LogP contribution in [0.15, 0.2) is 54.1 Å². The molecule has 0 bridgehead atoms. The molecule has 1 fully saturated rings. The third-order valence-electron chi connectivity index (χ3n) is 4.85. The summed E-state index contributed by atoms with van der Waals surface area (Å²) in [6.45, 7) is 2.33. The third-order valence-corrected chi connectivity index (χ3v) is 4.85. The highest BCUT2D eigenvalue weighted by molar-refractivity contribution is 8.93. The first-order valence-electron chi connectivity index (χ1n) is 8.10. The van der Waals surface area contributed by atoms with Crippen molar-refractivity contribution in [1.29, 1.82) is 0 Å². The van der Waals surface area contributed by atoms with Crippen LogP contribution in [0.4, 0.5) is 0 Å². The molecule has 0 amide bonds. The van der Waals surface area contributed by atoms with E-state index in [9.17, 15) is 0 Å². The molecule has 0 N–H and O–H groups in total. The first-order valence-corrected chi connectivity index (χ1v) is 8.10. The smallest absolute Gasteiger partial charge is 0.00160 e. The van der Waals surface area contributed by atoms with Crippen LogP contribution in [0.2, 0.25) is 0 Å². The van der Waals surface area contributed by atoms with Crippen LogP contribution in [0, 0.1) is 0 Å². The molecule has 0 radical (unpaired) electrons. The van der Waals surface area contributed by atoms with Crippen LogP contribution in [0.5, 0.6) is 0 Å². The Labute approximate surface area is 149 Å². The summed E-state index contributed by atoms with van der Waals surface area (Å²) in [5.41, 5.74) is 8.54. The highest BCUT2D eigenvalue weighted by atomic mass is 79.9. The van der Waals surface area contributed by atoms with Gasteiger partial charge >= 0.3 is 0 Å². The van der Waals surface area contributed by atoms with Crippen molar-refractivity contribution in [3.63, 3.8) is 0 Å². The molecule has 0 unspecified atom stereocenters. The van der Waals surface area contributed by atoms with E-state index in [1.54, 1.807) is 5.57 Å². The number of hydrogen-bond acceptors (Lipinski definition) is 1. The molecule has 118 valence electrons. The molecule has 1 aliphatic carbocycles. The second-order valence-corrected chi connectivity index (χ2v) is 6.29. The monoisotopic (exact) mass is 367 g/mol. The maximum Gasteiger partial charge on any atom is 0.00160 e. The molecule has 0 aromatic heterocycles. The van der Waals surface area contributed by atoms with Crippen molar-refractivity contribution in [2.45, 2.75) is 12.8 Å². The molecule has 0 atom stereocenters. The van der Waals surface area contributed by atoms with Crippen LogP contribution in [-0.2, 0) is 0 Å². The number of piperidine rings is 1. The number of benzene rings is 2. The molecule has 0 saturated carbocycles. The van der Waals surface area contributed by atoms with Crippen LogP contribution < -0.4 is 0 Å². The van der Waals surface area contributed by atoms with Crippen LogP contribution >= 0.6 is 17.0 Å². The van der Waals surface area contributed by atoms with Gasteiger partial charge in [0.25, 0.3) is 0 Å². The van der Waals surface area contributed by atoms with Crippen molar-refractivity contribution in [1.82, 2.24) is 4.90 Å². The lowest BCUT2D eigenvalue weighted by molar-refractivity contribution is 0.313. The van der Waals surface area contributed by atoms with Gasteiger partial charge in [-0.05, 0) is 47.7 Å². The number of rotatable bonds is 0. The molecule has 23 heavy (non-hydrogen) atoms. The lowest BCUT2D eigenvalue weighted by atomic mass is 9.86. The highest BCUT2D eigenvalue weighted by Gasteiger charge is 2.20. The summed E-state index contributed by atoms with van der Waals surface area (Å²) >= 11 is 0.